The van der Waals surface area contributed by atoms with Gasteiger partial charge in [0.05, 0.1) is 5.41 Å². The van der Waals surface area contributed by atoms with Crippen LogP contribution in [0, 0.1) is 12.3 Å². The Kier molecular flexibility index (Phi) is 14.8. The van der Waals surface area contributed by atoms with E-state index in [0.29, 0.717) is 12.5 Å². The first kappa shape index (κ1) is 43.4. The molecule has 52 heavy (non-hydrogen) atoms. The highest BCUT2D eigenvalue weighted by Gasteiger charge is 2.56. The van der Waals surface area contributed by atoms with Crippen molar-refractivity contribution in [3.05, 3.63) is 69.9 Å². The monoisotopic (exact) mass is 777 g/mol. The number of aromatic nitrogens is 3. The number of likely N-dealkylation sites (tertiary alicyclic amines) is 2. The van der Waals surface area contributed by atoms with Crippen LogP contribution in [0.5, 0.6) is 0 Å². The molecular formula is C30H32F9N5O7S. The van der Waals surface area contributed by atoms with Crippen molar-refractivity contribution in [1.82, 2.24) is 24.6 Å². The van der Waals surface area contributed by atoms with Gasteiger partial charge in [-0.15, -0.1) is 11.3 Å². The summed E-state index contributed by atoms with van der Waals surface area (Å²) in [6.07, 6.45) is -7.81. The van der Waals surface area contributed by atoms with Gasteiger partial charge in [-0.05, 0) is 55.7 Å². The van der Waals surface area contributed by atoms with E-state index in [1.165, 1.54) is 15.4 Å². The Bertz CT molecular complexity index is 1610. The summed E-state index contributed by atoms with van der Waals surface area (Å²) in [5.74, 6) is -7.81. The molecule has 0 unspecified atom stereocenters. The number of aryl methyl sites for hydroxylation is 2. The van der Waals surface area contributed by atoms with Gasteiger partial charge in [-0.3, -0.25) is 19.4 Å². The van der Waals surface area contributed by atoms with Crippen LogP contribution in [0.4, 0.5) is 39.5 Å². The second kappa shape index (κ2) is 17.7. The number of rotatable bonds is 5. The van der Waals surface area contributed by atoms with E-state index in [1.807, 2.05) is 41.4 Å². The molecule has 12 nitrogen and oxygen atoms in total. The molecule has 1 amide bonds. The van der Waals surface area contributed by atoms with E-state index in [9.17, 15) is 44.3 Å². The number of thiophene rings is 1. The second-order valence-electron chi connectivity index (χ2n) is 11.4. The Morgan fingerprint density at radius 2 is 1.37 bits per heavy atom. The third-order valence-electron chi connectivity index (χ3n) is 7.62. The summed E-state index contributed by atoms with van der Waals surface area (Å²) in [5, 5.41) is 25.8. The van der Waals surface area contributed by atoms with Crippen LogP contribution >= 0.6 is 11.3 Å². The number of hydrogen-bond acceptors (Lipinski definition) is 8. The fourth-order valence-electron chi connectivity index (χ4n) is 5.46. The number of pyridine rings is 1. The molecule has 3 N–H and O–H groups in total. The number of hydrogen-bond donors (Lipinski definition) is 3. The third kappa shape index (κ3) is 12.5. The molecule has 2 aliphatic rings. The maximum absolute atomic E-state index is 14.0. The van der Waals surface area contributed by atoms with E-state index in [4.69, 9.17) is 29.7 Å². The van der Waals surface area contributed by atoms with Crippen LogP contribution in [-0.2, 0) is 39.3 Å². The first-order valence-electron chi connectivity index (χ1n) is 14.7. The minimum absolute atomic E-state index is 0.161. The fraction of sp³-hybridized carbons (Fsp3) is 0.467. The van der Waals surface area contributed by atoms with Crippen LogP contribution in [0.2, 0.25) is 0 Å². The highest BCUT2D eigenvalue weighted by molar-refractivity contribution is 7.11. The van der Waals surface area contributed by atoms with Crippen molar-refractivity contribution in [3.8, 4) is 0 Å². The molecular weight excluding hydrogens is 745 g/mol. The molecule has 2 fully saturated rings. The quantitative estimate of drug-likeness (QED) is 0.282. The Labute approximate surface area is 293 Å². The molecule has 2 saturated heterocycles. The van der Waals surface area contributed by atoms with Crippen molar-refractivity contribution in [2.24, 2.45) is 12.5 Å². The average molecular weight is 778 g/mol. The summed E-state index contributed by atoms with van der Waals surface area (Å²) in [5.41, 5.74) is 1.93. The van der Waals surface area contributed by atoms with Gasteiger partial charge in [0.2, 0.25) is 5.91 Å². The average Bonchev–Trinajstić information content (AvgIpc) is 3.74. The van der Waals surface area contributed by atoms with Gasteiger partial charge < -0.3 is 20.2 Å². The number of carboxylic acid groups (broad SMARTS) is 3. The topological polar surface area (TPSA) is 166 Å². The van der Waals surface area contributed by atoms with Gasteiger partial charge in [0.25, 0.3) is 0 Å². The molecule has 22 heteroatoms. The number of alkyl halides is 9. The number of carbonyl (C=O) groups excluding carboxylic acids is 1. The summed E-state index contributed by atoms with van der Waals surface area (Å²) in [7, 11) is 2.00. The Morgan fingerprint density at radius 1 is 0.846 bits per heavy atom. The number of carboxylic acids is 3. The predicted molar refractivity (Wildman–Crippen MR) is 163 cm³/mol. The normalized spacial score (nSPS) is 19.1. The summed E-state index contributed by atoms with van der Waals surface area (Å²) >= 11 is 1.85. The lowest BCUT2D eigenvalue weighted by Gasteiger charge is -2.42. The molecule has 1 spiro atoms. The van der Waals surface area contributed by atoms with Crippen LogP contribution in [0.3, 0.4) is 0 Å². The number of amides is 1. The van der Waals surface area contributed by atoms with Crippen molar-refractivity contribution >= 4 is 35.2 Å². The highest BCUT2D eigenvalue weighted by atomic mass is 32.1. The number of piperidine rings is 1. The zero-order chi connectivity index (χ0) is 39.7. The van der Waals surface area contributed by atoms with Crippen molar-refractivity contribution in [2.45, 2.75) is 57.3 Å². The summed E-state index contributed by atoms with van der Waals surface area (Å²) in [6.45, 7) is 6.25. The number of halogens is 9. The number of aliphatic carboxylic acids is 3. The van der Waals surface area contributed by atoms with Crippen LogP contribution in [0.25, 0.3) is 0 Å². The zero-order valence-electron chi connectivity index (χ0n) is 27.2. The third-order valence-corrected chi connectivity index (χ3v) is 8.60. The lowest BCUT2D eigenvalue weighted by molar-refractivity contribution is -0.193. The van der Waals surface area contributed by atoms with E-state index in [-0.39, 0.29) is 11.3 Å². The largest absolute Gasteiger partial charge is 0.490 e. The van der Waals surface area contributed by atoms with Crippen LogP contribution < -0.4 is 0 Å². The maximum atomic E-state index is 14.0. The summed E-state index contributed by atoms with van der Waals surface area (Å²) < 4.78 is 97.2. The molecule has 2 atom stereocenters. The standard InChI is InChI=1S/C24H29N5OS.3C2HF3O2/c1-18-4-5-20(31-18)15-28-16-21(22-8-12-26-27(22)2)24(17-28)9-3-13-29(23(24)30)14-19-6-10-25-11-7-19;3*3-2(4,5)1(6)7/h4-8,10-12,21H,3,9,13-17H2,1-2H3;3*(H,6,7)/t21-,24+;;;/m0.../s1. The summed E-state index contributed by atoms with van der Waals surface area (Å²) in [6, 6.07) is 10.5. The van der Waals surface area contributed by atoms with Gasteiger partial charge in [-0.2, -0.15) is 44.6 Å². The van der Waals surface area contributed by atoms with Gasteiger partial charge in [0, 0.05) is 79.7 Å². The predicted octanol–water partition coefficient (Wildman–Crippen LogP) is 5.49. The minimum Gasteiger partial charge on any atom is -0.475 e. The lowest BCUT2D eigenvalue weighted by Crippen LogP contribution is -2.52. The smallest absolute Gasteiger partial charge is 0.475 e. The molecule has 3 aromatic heterocycles. The van der Waals surface area contributed by atoms with Crippen molar-refractivity contribution < 1.29 is 74.0 Å². The number of nitrogens with zero attached hydrogens (tertiary/aromatic N) is 5. The van der Waals surface area contributed by atoms with Crippen molar-refractivity contribution in [3.63, 3.8) is 0 Å². The zero-order valence-corrected chi connectivity index (χ0v) is 28.0. The molecule has 0 aliphatic carbocycles. The molecule has 5 heterocycles. The van der Waals surface area contributed by atoms with Crippen LogP contribution in [-0.4, -0.2) is 102 Å². The van der Waals surface area contributed by atoms with Gasteiger partial charge >= 0.3 is 36.4 Å². The molecule has 5 rings (SSSR count). The van der Waals surface area contributed by atoms with Gasteiger partial charge in [0.1, 0.15) is 0 Å². The molecule has 0 bridgehead atoms. The minimum atomic E-state index is -5.08. The molecule has 0 radical (unpaired) electrons. The van der Waals surface area contributed by atoms with E-state index in [1.54, 1.807) is 12.4 Å². The maximum Gasteiger partial charge on any atom is 0.490 e. The van der Waals surface area contributed by atoms with E-state index in [0.717, 1.165) is 44.6 Å². The van der Waals surface area contributed by atoms with Crippen molar-refractivity contribution in [2.75, 3.05) is 19.6 Å². The molecule has 0 saturated carbocycles. The van der Waals surface area contributed by atoms with E-state index in [2.05, 4.69) is 45.0 Å². The highest BCUT2D eigenvalue weighted by Crippen LogP contribution is 2.50. The van der Waals surface area contributed by atoms with Crippen LogP contribution in [0.1, 0.15) is 39.8 Å². The SMILES string of the molecule is Cc1ccc(CN2C[C@@H](c3ccnn3C)[C@@]3(CCCN(Cc4ccncc4)C3=O)C2)s1.O=C(O)C(F)(F)F.O=C(O)C(F)(F)F.O=C(O)C(F)(F)F. The Hall–Kier alpha value is -4.73. The van der Waals surface area contributed by atoms with Gasteiger partial charge in [-0.25, -0.2) is 14.4 Å². The molecule has 288 valence electrons. The Morgan fingerprint density at radius 3 is 1.79 bits per heavy atom. The lowest BCUT2D eigenvalue weighted by atomic mass is 9.70. The fourth-order valence-corrected chi connectivity index (χ4v) is 6.39. The van der Waals surface area contributed by atoms with E-state index >= 15 is 0 Å². The Balaban J connectivity index is 0.000000365. The second-order valence-corrected chi connectivity index (χ2v) is 12.7. The molecule has 3 aromatic rings. The summed E-state index contributed by atoms with van der Waals surface area (Å²) in [4.78, 5) is 52.1. The number of carbonyl (C=O) groups is 4. The molecule has 2 aliphatic heterocycles. The van der Waals surface area contributed by atoms with E-state index < -0.39 is 36.4 Å². The first-order valence-corrected chi connectivity index (χ1v) is 15.5. The van der Waals surface area contributed by atoms with Crippen molar-refractivity contribution in [1.29, 1.82) is 0 Å². The molecule has 0 aromatic carbocycles. The van der Waals surface area contributed by atoms with Gasteiger partial charge in [-0.1, -0.05) is 0 Å². The van der Waals surface area contributed by atoms with Gasteiger partial charge in [0.15, 0.2) is 0 Å². The first-order chi connectivity index (χ1) is 23.9. The van der Waals surface area contributed by atoms with Crippen LogP contribution in [0.15, 0.2) is 48.9 Å².